The van der Waals surface area contributed by atoms with Crippen molar-refractivity contribution in [2.45, 2.75) is 13.0 Å². The number of hydrogen-bond acceptors (Lipinski definition) is 5. The maximum Gasteiger partial charge on any atom is 0.271 e. The first-order valence-corrected chi connectivity index (χ1v) is 5.98. The Labute approximate surface area is 105 Å². The van der Waals surface area contributed by atoms with E-state index in [0.29, 0.717) is 13.2 Å². The summed E-state index contributed by atoms with van der Waals surface area (Å²) >= 11 is 0. The minimum absolute atomic E-state index is 0.103. The molecule has 1 aromatic carbocycles. The first-order chi connectivity index (χ1) is 8.66. The molecule has 1 aromatic rings. The van der Waals surface area contributed by atoms with E-state index in [1.165, 1.54) is 6.07 Å². The second-order valence-electron chi connectivity index (χ2n) is 4.33. The van der Waals surface area contributed by atoms with E-state index in [4.69, 9.17) is 4.74 Å². The van der Waals surface area contributed by atoms with Crippen LogP contribution in [0.3, 0.4) is 0 Å². The maximum atomic E-state index is 10.7. The van der Waals surface area contributed by atoms with Gasteiger partial charge in [-0.05, 0) is 12.5 Å². The zero-order valence-electron chi connectivity index (χ0n) is 10.3. The number of nitro groups is 1. The highest BCUT2D eigenvalue weighted by atomic mass is 16.6. The number of ether oxygens (including phenoxy) is 1. The molecule has 6 nitrogen and oxygen atoms in total. The Hall–Kier alpha value is -1.66. The van der Waals surface area contributed by atoms with Crippen LogP contribution >= 0.6 is 0 Å². The Morgan fingerprint density at radius 2 is 2.44 bits per heavy atom. The fourth-order valence-corrected chi connectivity index (χ4v) is 1.89. The first kappa shape index (κ1) is 12.8. The number of non-ortho nitro benzene ring substituents is 1. The molecule has 0 aliphatic carbocycles. The molecule has 1 unspecified atom stereocenters. The van der Waals surface area contributed by atoms with Gasteiger partial charge in [-0.15, -0.1) is 0 Å². The van der Waals surface area contributed by atoms with Crippen LogP contribution in [0.15, 0.2) is 18.2 Å². The Morgan fingerprint density at radius 3 is 3.11 bits per heavy atom. The molecular formula is C12H17N3O3. The molecule has 1 fully saturated rings. The van der Waals surface area contributed by atoms with E-state index in [9.17, 15) is 10.1 Å². The normalized spacial score (nSPS) is 19.5. The number of rotatable bonds is 4. The molecule has 0 radical (unpaired) electrons. The summed E-state index contributed by atoms with van der Waals surface area (Å²) in [5, 5.41) is 17.2. The lowest BCUT2D eigenvalue weighted by molar-refractivity contribution is -0.384. The molecule has 2 N–H and O–H groups in total. The third-order valence-corrected chi connectivity index (χ3v) is 2.96. The summed E-state index contributed by atoms with van der Waals surface area (Å²) in [6, 6.07) is 4.82. The van der Waals surface area contributed by atoms with Crippen molar-refractivity contribution in [3.8, 4) is 0 Å². The summed E-state index contributed by atoms with van der Waals surface area (Å²) in [6.45, 7) is 4.97. The van der Waals surface area contributed by atoms with Gasteiger partial charge in [0.05, 0.1) is 17.6 Å². The van der Waals surface area contributed by atoms with Gasteiger partial charge in [-0.3, -0.25) is 10.1 Å². The van der Waals surface area contributed by atoms with Crippen molar-refractivity contribution >= 4 is 11.4 Å². The molecule has 1 saturated heterocycles. The van der Waals surface area contributed by atoms with Crippen LogP contribution in [0.5, 0.6) is 0 Å². The van der Waals surface area contributed by atoms with Crippen LogP contribution in [0.25, 0.3) is 0 Å². The number of benzene rings is 1. The van der Waals surface area contributed by atoms with E-state index in [1.54, 1.807) is 12.1 Å². The molecule has 1 aliphatic heterocycles. The van der Waals surface area contributed by atoms with Crippen LogP contribution in [-0.2, 0) is 4.74 Å². The van der Waals surface area contributed by atoms with Crippen molar-refractivity contribution in [2.75, 3.05) is 31.6 Å². The fraction of sp³-hybridized carbons (Fsp3) is 0.500. The number of hydrogen-bond donors (Lipinski definition) is 2. The van der Waals surface area contributed by atoms with E-state index in [0.717, 1.165) is 24.3 Å². The second kappa shape index (κ2) is 5.79. The molecule has 0 saturated carbocycles. The maximum absolute atomic E-state index is 10.7. The quantitative estimate of drug-likeness (QED) is 0.623. The molecule has 2 rings (SSSR count). The molecule has 1 aliphatic rings. The zero-order chi connectivity index (χ0) is 13.0. The summed E-state index contributed by atoms with van der Waals surface area (Å²) in [7, 11) is 0. The zero-order valence-corrected chi connectivity index (χ0v) is 10.3. The van der Waals surface area contributed by atoms with Crippen molar-refractivity contribution in [3.63, 3.8) is 0 Å². The predicted molar refractivity (Wildman–Crippen MR) is 68.9 cm³/mol. The van der Waals surface area contributed by atoms with E-state index in [2.05, 4.69) is 10.6 Å². The number of morpholine rings is 1. The minimum atomic E-state index is -0.386. The van der Waals surface area contributed by atoms with Gasteiger partial charge in [0.15, 0.2) is 0 Å². The molecule has 1 heterocycles. The highest BCUT2D eigenvalue weighted by Crippen LogP contribution is 2.21. The molecule has 1 atom stereocenters. The average Bonchev–Trinajstić information content (AvgIpc) is 2.38. The second-order valence-corrected chi connectivity index (χ2v) is 4.33. The monoisotopic (exact) mass is 251 g/mol. The molecule has 0 aromatic heterocycles. The van der Waals surface area contributed by atoms with Crippen molar-refractivity contribution in [3.05, 3.63) is 33.9 Å². The van der Waals surface area contributed by atoms with Gasteiger partial charge in [0.2, 0.25) is 0 Å². The summed E-state index contributed by atoms with van der Waals surface area (Å²) in [4.78, 5) is 10.3. The predicted octanol–water partition coefficient (Wildman–Crippen LogP) is 1.30. The largest absolute Gasteiger partial charge is 0.382 e. The Bertz CT molecular complexity index is 431. The Morgan fingerprint density at radius 1 is 1.61 bits per heavy atom. The topological polar surface area (TPSA) is 76.4 Å². The number of anilines is 1. The van der Waals surface area contributed by atoms with Gasteiger partial charge in [0.1, 0.15) is 0 Å². The fourth-order valence-electron chi connectivity index (χ4n) is 1.89. The van der Waals surface area contributed by atoms with Crippen molar-refractivity contribution < 1.29 is 9.66 Å². The van der Waals surface area contributed by atoms with E-state index >= 15 is 0 Å². The minimum Gasteiger partial charge on any atom is -0.382 e. The summed E-state index contributed by atoms with van der Waals surface area (Å²) in [5.74, 6) is 0. The van der Waals surface area contributed by atoms with Gasteiger partial charge in [-0.1, -0.05) is 6.07 Å². The summed E-state index contributed by atoms with van der Waals surface area (Å²) in [6.07, 6.45) is 0.109. The molecule has 0 amide bonds. The average molecular weight is 251 g/mol. The van der Waals surface area contributed by atoms with Gasteiger partial charge in [0, 0.05) is 37.5 Å². The smallest absolute Gasteiger partial charge is 0.271 e. The van der Waals surface area contributed by atoms with Gasteiger partial charge < -0.3 is 15.4 Å². The van der Waals surface area contributed by atoms with Gasteiger partial charge >= 0.3 is 0 Å². The molecule has 0 bridgehead atoms. The van der Waals surface area contributed by atoms with Gasteiger partial charge in [0.25, 0.3) is 5.69 Å². The highest BCUT2D eigenvalue weighted by molar-refractivity contribution is 5.56. The van der Waals surface area contributed by atoms with Gasteiger partial charge in [-0.25, -0.2) is 0 Å². The molecule has 6 heteroatoms. The Kier molecular flexibility index (Phi) is 4.11. The number of nitrogens with one attached hydrogen (secondary N) is 2. The third kappa shape index (κ3) is 3.18. The van der Waals surface area contributed by atoms with Crippen molar-refractivity contribution in [2.24, 2.45) is 0 Å². The molecule has 0 spiro atoms. The lowest BCUT2D eigenvalue weighted by Crippen LogP contribution is -2.42. The summed E-state index contributed by atoms with van der Waals surface area (Å²) < 4.78 is 5.56. The third-order valence-electron chi connectivity index (χ3n) is 2.96. The van der Waals surface area contributed by atoms with Crippen LogP contribution in [0.1, 0.15) is 5.56 Å². The highest BCUT2D eigenvalue weighted by Gasteiger charge is 2.14. The molecule has 18 heavy (non-hydrogen) atoms. The van der Waals surface area contributed by atoms with Crippen LogP contribution in [0.2, 0.25) is 0 Å². The van der Waals surface area contributed by atoms with Crippen LogP contribution in [0.4, 0.5) is 11.4 Å². The van der Waals surface area contributed by atoms with Crippen LogP contribution in [-0.4, -0.2) is 37.3 Å². The number of aryl methyl sites for hydroxylation is 1. The van der Waals surface area contributed by atoms with Crippen LogP contribution in [0, 0.1) is 17.0 Å². The molecular weight excluding hydrogens is 234 g/mol. The first-order valence-electron chi connectivity index (χ1n) is 5.98. The standard InChI is InChI=1S/C12H17N3O3/c1-9-2-3-10(15(16)17)6-12(9)14-8-11-7-13-4-5-18-11/h2-3,6,11,13-14H,4-5,7-8H2,1H3. The van der Waals surface area contributed by atoms with E-state index < -0.39 is 0 Å². The summed E-state index contributed by atoms with van der Waals surface area (Å²) in [5.41, 5.74) is 1.88. The van der Waals surface area contributed by atoms with Gasteiger partial charge in [-0.2, -0.15) is 0 Å². The lowest BCUT2D eigenvalue weighted by Gasteiger charge is -2.24. The van der Waals surface area contributed by atoms with E-state index in [1.807, 2.05) is 6.92 Å². The number of nitrogens with zero attached hydrogens (tertiary/aromatic N) is 1. The van der Waals surface area contributed by atoms with Crippen LogP contribution < -0.4 is 10.6 Å². The lowest BCUT2D eigenvalue weighted by atomic mass is 10.1. The number of nitro benzene ring substituents is 1. The van der Waals surface area contributed by atoms with Crippen molar-refractivity contribution in [1.82, 2.24) is 5.32 Å². The Balaban J connectivity index is 1.99. The SMILES string of the molecule is Cc1ccc([N+](=O)[O-])cc1NCC1CNCCO1. The molecule has 98 valence electrons. The van der Waals surface area contributed by atoms with E-state index in [-0.39, 0.29) is 16.7 Å². The van der Waals surface area contributed by atoms with Crippen molar-refractivity contribution in [1.29, 1.82) is 0 Å².